The van der Waals surface area contributed by atoms with E-state index in [1.807, 2.05) is 36.4 Å². The van der Waals surface area contributed by atoms with Gasteiger partial charge in [-0.05, 0) is 26.0 Å². The molecule has 0 radical (unpaired) electrons. The molecule has 0 saturated heterocycles. The molecule has 1 aromatic carbocycles. The van der Waals surface area contributed by atoms with Crippen molar-refractivity contribution < 1.29 is 4.79 Å². The summed E-state index contributed by atoms with van der Waals surface area (Å²) < 4.78 is 0. The van der Waals surface area contributed by atoms with Gasteiger partial charge in [-0.2, -0.15) is 5.26 Å². The number of anilines is 1. The van der Waals surface area contributed by atoms with Crippen LogP contribution in [-0.4, -0.2) is 19.0 Å². The zero-order valence-electron chi connectivity index (χ0n) is 10.2. The van der Waals surface area contributed by atoms with Crippen molar-refractivity contribution >= 4 is 11.6 Å². The second-order valence-electron chi connectivity index (χ2n) is 4.29. The Balaban J connectivity index is 2.26. The van der Waals surface area contributed by atoms with Gasteiger partial charge in [0.1, 0.15) is 5.41 Å². The summed E-state index contributed by atoms with van der Waals surface area (Å²) in [7, 11) is 0. The maximum absolute atomic E-state index is 11.5. The first-order valence-corrected chi connectivity index (χ1v) is 5.55. The average Bonchev–Trinajstić information content (AvgIpc) is 2.35. The number of hydrogen-bond donors (Lipinski definition) is 2. The number of rotatable bonds is 5. The Morgan fingerprint density at radius 2 is 1.94 bits per heavy atom. The molecule has 1 aromatic rings. The lowest BCUT2D eigenvalue weighted by Gasteiger charge is -2.15. The molecule has 1 amide bonds. The van der Waals surface area contributed by atoms with E-state index >= 15 is 0 Å². The molecule has 90 valence electrons. The Kier molecular flexibility index (Phi) is 4.53. The van der Waals surface area contributed by atoms with Crippen molar-refractivity contribution in [2.75, 3.05) is 18.4 Å². The lowest BCUT2D eigenvalue weighted by molar-refractivity contribution is -0.126. The van der Waals surface area contributed by atoms with Gasteiger partial charge in [0.25, 0.3) is 0 Å². The van der Waals surface area contributed by atoms with Crippen LogP contribution < -0.4 is 10.6 Å². The molecule has 0 aliphatic carbocycles. The van der Waals surface area contributed by atoms with Crippen LogP contribution in [0.15, 0.2) is 30.3 Å². The molecule has 0 bridgehead atoms. The van der Waals surface area contributed by atoms with Crippen LogP contribution in [0.1, 0.15) is 13.8 Å². The molecular formula is C13H17N3O. The third kappa shape index (κ3) is 4.15. The Morgan fingerprint density at radius 3 is 2.53 bits per heavy atom. The van der Waals surface area contributed by atoms with E-state index in [0.717, 1.165) is 5.69 Å². The highest BCUT2D eigenvalue weighted by Crippen LogP contribution is 2.12. The van der Waals surface area contributed by atoms with Crippen molar-refractivity contribution in [3.63, 3.8) is 0 Å². The standard InChI is InChI=1S/C13H17N3O/c1-13(2,10-14)12(17)16-9-8-15-11-6-4-3-5-7-11/h3-7,15H,8-9H2,1-2H3,(H,16,17). The van der Waals surface area contributed by atoms with Gasteiger partial charge < -0.3 is 10.6 Å². The summed E-state index contributed by atoms with van der Waals surface area (Å²) in [6, 6.07) is 11.7. The third-order valence-corrected chi connectivity index (χ3v) is 2.36. The smallest absolute Gasteiger partial charge is 0.239 e. The molecule has 4 nitrogen and oxygen atoms in total. The molecule has 0 atom stereocenters. The lowest BCUT2D eigenvalue weighted by Crippen LogP contribution is -2.38. The monoisotopic (exact) mass is 231 g/mol. The number of nitrogens with one attached hydrogen (secondary N) is 2. The number of para-hydroxylation sites is 1. The minimum atomic E-state index is -0.966. The molecule has 0 heterocycles. The van der Waals surface area contributed by atoms with Crippen LogP contribution in [-0.2, 0) is 4.79 Å². The Bertz CT molecular complexity index is 406. The largest absolute Gasteiger partial charge is 0.383 e. The van der Waals surface area contributed by atoms with Crippen LogP contribution in [0, 0.1) is 16.7 Å². The SMILES string of the molecule is CC(C)(C#N)C(=O)NCCNc1ccccc1. The summed E-state index contributed by atoms with van der Waals surface area (Å²) in [5, 5.41) is 14.7. The summed E-state index contributed by atoms with van der Waals surface area (Å²) in [6.45, 7) is 4.34. The van der Waals surface area contributed by atoms with Gasteiger partial charge in [-0.1, -0.05) is 18.2 Å². The van der Waals surface area contributed by atoms with Gasteiger partial charge in [-0.25, -0.2) is 0 Å². The van der Waals surface area contributed by atoms with E-state index < -0.39 is 5.41 Å². The molecular weight excluding hydrogens is 214 g/mol. The van der Waals surface area contributed by atoms with Gasteiger partial charge >= 0.3 is 0 Å². The first-order valence-electron chi connectivity index (χ1n) is 5.55. The number of amides is 1. The molecule has 0 aliphatic rings. The Labute approximate surface area is 102 Å². The fraction of sp³-hybridized carbons (Fsp3) is 0.385. The van der Waals surface area contributed by atoms with Crippen LogP contribution >= 0.6 is 0 Å². The molecule has 0 unspecified atom stereocenters. The number of hydrogen-bond acceptors (Lipinski definition) is 3. The number of carbonyl (C=O) groups excluding carboxylic acids is 1. The molecule has 4 heteroatoms. The van der Waals surface area contributed by atoms with Crippen molar-refractivity contribution in [1.29, 1.82) is 5.26 Å². The summed E-state index contributed by atoms with van der Waals surface area (Å²) in [6.07, 6.45) is 0. The van der Waals surface area contributed by atoms with E-state index in [9.17, 15) is 4.79 Å². The summed E-state index contributed by atoms with van der Waals surface area (Å²) >= 11 is 0. The van der Waals surface area contributed by atoms with Gasteiger partial charge in [0.05, 0.1) is 6.07 Å². The first kappa shape index (κ1) is 13.0. The zero-order chi connectivity index (χ0) is 12.7. The van der Waals surface area contributed by atoms with Crippen molar-refractivity contribution in [3.8, 4) is 6.07 Å². The second-order valence-corrected chi connectivity index (χ2v) is 4.29. The van der Waals surface area contributed by atoms with Gasteiger partial charge in [0, 0.05) is 18.8 Å². The third-order valence-electron chi connectivity index (χ3n) is 2.36. The van der Waals surface area contributed by atoms with E-state index in [-0.39, 0.29) is 5.91 Å². The average molecular weight is 231 g/mol. The van der Waals surface area contributed by atoms with Crippen LogP contribution in [0.3, 0.4) is 0 Å². The zero-order valence-corrected chi connectivity index (χ0v) is 10.2. The van der Waals surface area contributed by atoms with Gasteiger partial charge in [0.2, 0.25) is 5.91 Å². The minimum absolute atomic E-state index is 0.241. The minimum Gasteiger partial charge on any atom is -0.383 e. The first-order chi connectivity index (χ1) is 8.06. The van der Waals surface area contributed by atoms with Gasteiger partial charge in [-0.15, -0.1) is 0 Å². The van der Waals surface area contributed by atoms with Crippen LogP contribution in [0.25, 0.3) is 0 Å². The van der Waals surface area contributed by atoms with Crippen LogP contribution in [0.5, 0.6) is 0 Å². The van der Waals surface area contributed by atoms with E-state index in [2.05, 4.69) is 10.6 Å². The number of nitriles is 1. The highest BCUT2D eigenvalue weighted by atomic mass is 16.2. The molecule has 0 saturated carbocycles. The van der Waals surface area contributed by atoms with E-state index in [4.69, 9.17) is 5.26 Å². The topological polar surface area (TPSA) is 64.9 Å². The molecule has 17 heavy (non-hydrogen) atoms. The summed E-state index contributed by atoms with van der Waals surface area (Å²) in [4.78, 5) is 11.5. The number of benzene rings is 1. The van der Waals surface area contributed by atoms with Crippen molar-refractivity contribution in [1.82, 2.24) is 5.32 Å². The number of nitrogens with zero attached hydrogens (tertiary/aromatic N) is 1. The predicted molar refractivity (Wildman–Crippen MR) is 67.3 cm³/mol. The van der Waals surface area contributed by atoms with Crippen LogP contribution in [0.4, 0.5) is 5.69 Å². The quantitative estimate of drug-likeness (QED) is 0.759. The maximum atomic E-state index is 11.5. The highest BCUT2D eigenvalue weighted by Gasteiger charge is 2.26. The fourth-order valence-electron chi connectivity index (χ4n) is 1.21. The second kappa shape index (κ2) is 5.90. The van der Waals surface area contributed by atoms with Crippen LogP contribution in [0.2, 0.25) is 0 Å². The van der Waals surface area contributed by atoms with Gasteiger partial charge in [-0.3, -0.25) is 4.79 Å². The predicted octanol–water partition coefficient (Wildman–Crippen LogP) is 1.76. The Hall–Kier alpha value is -2.02. The number of carbonyl (C=O) groups is 1. The maximum Gasteiger partial charge on any atom is 0.239 e. The Morgan fingerprint density at radius 1 is 1.29 bits per heavy atom. The normalized spacial score (nSPS) is 10.4. The van der Waals surface area contributed by atoms with Crippen molar-refractivity contribution in [2.45, 2.75) is 13.8 Å². The molecule has 0 fully saturated rings. The van der Waals surface area contributed by atoms with E-state index in [0.29, 0.717) is 13.1 Å². The molecule has 2 N–H and O–H groups in total. The summed E-state index contributed by atoms with van der Waals surface area (Å²) in [5.74, 6) is -0.241. The van der Waals surface area contributed by atoms with Crippen molar-refractivity contribution in [3.05, 3.63) is 30.3 Å². The molecule has 0 aromatic heterocycles. The molecule has 1 rings (SSSR count). The fourth-order valence-corrected chi connectivity index (χ4v) is 1.21. The highest BCUT2D eigenvalue weighted by molar-refractivity contribution is 5.84. The molecule has 0 spiro atoms. The van der Waals surface area contributed by atoms with E-state index in [1.165, 1.54) is 0 Å². The van der Waals surface area contributed by atoms with Gasteiger partial charge in [0.15, 0.2) is 0 Å². The summed E-state index contributed by atoms with van der Waals surface area (Å²) in [5.41, 5.74) is 0.0496. The van der Waals surface area contributed by atoms with E-state index in [1.54, 1.807) is 13.8 Å². The lowest BCUT2D eigenvalue weighted by atomic mass is 9.95. The molecule has 0 aliphatic heterocycles. The van der Waals surface area contributed by atoms with Crippen molar-refractivity contribution in [2.24, 2.45) is 5.41 Å².